The van der Waals surface area contributed by atoms with Crippen molar-refractivity contribution in [2.75, 3.05) is 0 Å². The topological polar surface area (TPSA) is 59.4 Å². The lowest BCUT2D eigenvalue weighted by atomic mass is 10.2. The maximum absolute atomic E-state index is 11.1. The summed E-state index contributed by atoms with van der Waals surface area (Å²) in [4.78, 5) is 15.5. The minimum atomic E-state index is -1.00. The van der Waals surface area contributed by atoms with Crippen LogP contribution in [0.25, 0.3) is 0 Å². The third-order valence-electron chi connectivity index (χ3n) is 3.23. The first kappa shape index (κ1) is 11.7. The zero-order valence-corrected chi connectivity index (χ0v) is 10.3. The highest BCUT2D eigenvalue weighted by atomic mass is 16.5. The summed E-state index contributed by atoms with van der Waals surface area (Å²) in [6.07, 6.45) is 3.15. The molecule has 1 heterocycles. The molecule has 4 heteroatoms. The first-order chi connectivity index (χ1) is 9.24. The lowest BCUT2D eigenvalue weighted by Crippen LogP contribution is -2.00. The number of aryl methyl sites for hydroxylation is 2. The van der Waals surface area contributed by atoms with Gasteiger partial charge >= 0.3 is 5.97 Å². The van der Waals surface area contributed by atoms with Gasteiger partial charge in [0.05, 0.1) is 0 Å². The van der Waals surface area contributed by atoms with Gasteiger partial charge in [-0.2, -0.15) is 0 Å². The first-order valence-corrected chi connectivity index (χ1v) is 6.23. The van der Waals surface area contributed by atoms with Crippen LogP contribution in [0.1, 0.15) is 28.0 Å². The van der Waals surface area contributed by atoms with Crippen LogP contribution in [-0.4, -0.2) is 16.1 Å². The molecule has 0 radical (unpaired) electrons. The maximum Gasteiger partial charge on any atom is 0.339 e. The van der Waals surface area contributed by atoms with E-state index >= 15 is 0 Å². The third kappa shape index (κ3) is 2.29. The molecule has 1 aliphatic rings. The van der Waals surface area contributed by atoms with Crippen LogP contribution in [0, 0.1) is 0 Å². The molecule has 0 amide bonds. The highest BCUT2D eigenvalue weighted by molar-refractivity contribution is 5.90. The van der Waals surface area contributed by atoms with Crippen molar-refractivity contribution in [1.82, 2.24) is 4.98 Å². The van der Waals surface area contributed by atoms with Gasteiger partial charge in [0.2, 0.25) is 5.88 Å². The van der Waals surface area contributed by atoms with Gasteiger partial charge in [-0.15, -0.1) is 0 Å². The van der Waals surface area contributed by atoms with Crippen molar-refractivity contribution in [2.24, 2.45) is 0 Å². The van der Waals surface area contributed by atoms with E-state index in [1.807, 2.05) is 6.07 Å². The van der Waals surface area contributed by atoms with Crippen molar-refractivity contribution in [1.29, 1.82) is 0 Å². The van der Waals surface area contributed by atoms with E-state index in [4.69, 9.17) is 9.84 Å². The van der Waals surface area contributed by atoms with Crippen LogP contribution in [0.4, 0.5) is 0 Å². The average molecular weight is 255 g/mol. The Morgan fingerprint density at radius 2 is 2.00 bits per heavy atom. The number of aromatic nitrogens is 1. The van der Waals surface area contributed by atoms with Gasteiger partial charge in [-0.3, -0.25) is 0 Å². The Balaban J connectivity index is 1.91. The van der Waals surface area contributed by atoms with Crippen LogP contribution in [-0.2, 0) is 12.8 Å². The van der Waals surface area contributed by atoms with Crippen LogP contribution < -0.4 is 4.74 Å². The molecule has 1 aliphatic carbocycles. The minimum Gasteiger partial charge on any atom is -0.478 e. The molecule has 0 saturated heterocycles. The fraction of sp³-hybridized carbons (Fsp3) is 0.200. The smallest absolute Gasteiger partial charge is 0.339 e. The van der Waals surface area contributed by atoms with E-state index in [2.05, 4.69) is 4.98 Å². The Bertz CT molecular complexity index is 637. The number of aromatic carboxylic acids is 1. The number of hydrogen-bond donors (Lipinski definition) is 1. The quantitative estimate of drug-likeness (QED) is 0.915. The van der Waals surface area contributed by atoms with Crippen LogP contribution in [0.3, 0.4) is 0 Å². The lowest BCUT2D eigenvalue weighted by molar-refractivity contribution is 0.0694. The van der Waals surface area contributed by atoms with E-state index in [1.54, 1.807) is 24.3 Å². The second-order valence-corrected chi connectivity index (χ2v) is 4.51. The second kappa shape index (κ2) is 4.72. The number of carboxylic acids is 1. The molecular formula is C15H13NO3. The molecule has 1 N–H and O–H groups in total. The summed E-state index contributed by atoms with van der Waals surface area (Å²) in [5.41, 5.74) is 2.47. The highest BCUT2D eigenvalue weighted by Crippen LogP contribution is 2.27. The van der Waals surface area contributed by atoms with E-state index in [0.29, 0.717) is 11.6 Å². The van der Waals surface area contributed by atoms with Gasteiger partial charge in [0.1, 0.15) is 11.3 Å². The predicted octanol–water partition coefficient (Wildman–Crippen LogP) is 3.06. The van der Waals surface area contributed by atoms with Crippen LogP contribution in [0.15, 0.2) is 36.4 Å². The third-order valence-corrected chi connectivity index (χ3v) is 3.23. The van der Waals surface area contributed by atoms with Crippen molar-refractivity contribution >= 4 is 5.97 Å². The van der Waals surface area contributed by atoms with Crippen molar-refractivity contribution < 1.29 is 14.6 Å². The maximum atomic E-state index is 11.1. The van der Waals surface area contributed by atoms with E-state index in [-0.39, 0.29) is 5.56 Å². The monoisotopic (exact) mass is 255 g/mol. The van der Waals surface area contributed by atoms with E-state index < -0.39 is 5.97 Å². The summed E-state index contributed by atoms with van der Waals surface area (Å²) in [6.45, 7) is 0. The molecule has 0 aliphatic heterocycles. The normalized spacial score (nSPS) is 13.1. The van der Waals surface area contributed by atoms with Crippen molar-refractivity contribution in [2.45, 2.75) is 19.3 Å². The molecule has 2 aromatic rings. The fourth-order valence-electron chi connectivity index (χ4n) is 2.30. The number of carboxylic acid groups (broad SMARTS) is 1. The molecule has 0 bridgehead atoms. The van der Waals surface area contributed by atoms with E-state index in [1.165, 1.54) is 11.6 Å². The molecule has 1 aromatic heterocycles. The Kier molecular flexibility index (Phi) is 2.91. The van der Waals surface area contributed by atoms with Crippen LogP contribution in [0.2, 0.25) is 0 Å². The Hall–Kier alpha value is -2.36. The average Bonchev–Trinajstić information content (AvgIpc) is 2.86. The van der Waals surface area contributed by atoms with Gasteiger partial charge in [0, 0.05) is 11.8 Å². The minimum absolute atomic E-state index is 0.143. The zero-order chi connectivity index (χ0) is 13.2. The molecule has 4 nitrogen and oxygen atoms in total. The molecule has 0 saturated carbocycles. The second-order valence-electron chi connectivity index (χ2n) is 4.51. The summed E-state index contributed by atoms with van der Waals surface area (Å²) < 4.78 is 5.60. The summed E-state index contributed by atoms with van der Waals surface area (Å²) in [7, 11) is 0. The number of ether oxygens (including phenoxy) is 1. The van der Waals surface area contributed by atoms with E-state index in [0.717, 1.165) is 25.0 Å². The largest absolute Gasteiger partial charge is 0.478 e. The van der Waals surface area contributed by atoms with Gasteiger partial charge in [-0.05, 0) is 37.0 Å². The number of benzene rings is 1. The van der Waals surface area contributed by atoms with Crippen molar-refractivity contribution in [3.8, 4) is 11.6 Å². The summed E-state index contributed by atoms with van der Waals surface area (Å²) >= 11 is 0. The number of carbonyl (C=O) groups is 1. The molecule has 3 rings (SSSR count). The number of pyridine rings is 1. The zero-order valence-electron chi connectivity index (χ0n) is 10.3. The summed E-state index contributed by atoms with van der Waals surface area (Å²) in [5, 5.41) is 9.10. The highest BCUT2D eigenvalue weighted by Gasteiger charge is 2.15. The number of para-hydroxylation sites is 1. The van der Waals surface area contributed by atoms with Crippen molar-refractivity contribution in [3.05, 3.63) is 53.2 Å². The fourth-order valence-corrected chi connectivity index (χ4v) is 2.30. The number of hydrogen-bond acceptors (Lipinski definition) is 3. The molecule has 0 fully saturated rings. The molecule has 96 valence electrons. The van der Waals surface area contributed by atoms with Crippen LogP contribution in [0.5, 0.6) is 11.6 Å². The van der Waals surface area contributed by atoms with Gasteiger partial charge in [0.25, 0.3) is 0 Å². The molecule has 0 unspecified atom stereocenters. The van der Waals surface area contributed by atoms with Gasteiger partial charge in [-0.25, -0.2) is 9.78 Å². The molecule has 0 spiro atoms. The lowest BCUT2D eigenvalue weighted by Gasteiger charge is -2.08. The predicted molar refractivity (Wildman–Crippen MR) is 69.7 cm³/mol. The van der Waals surface area contributed by atoms with E-state index in [9.17, 15) is 4.79 Å². The van der Waals surface area contributed by atoms with Gasteiger partial charge in [0.15, 0.2) is 0 Å². The van der Waals surface area contributed by atoms with Gasteiger partial charge in [-0.1, -0.05) is 18.2 Å². The summed E-state index contributed by atoms with van der Waals surface area (Å²) in [5.74, 6) is -0.230. The Morgan fingerprint density at radius 3 is 2.84 bits per heavy atom. The van der Waals surface area contributed by atoms with Crippen LogP contribution >= 0.6 is 0 Å². The number of nitrogens with zero attached hydrogens (tertiary/aromatic N) is 1. The Morgan fingerprint density at radius 1 is 1.16 bits per heavy atom. The first-order valence-electron chi connectivity index (χ1n) is 6.23. The SMILES string of the molecule is O=C(O)c1ccccc1Oc1ccc2c(n1)CCC2. The molecular weight excluding hydrogens is 242 g/mol. The molecule has 1 aromatic carbocycles. The molecule has 0 atom stereocenters. The number of rotatable bonds is 3. The Labute approximate surface area is 110 Å². The standard InChI is InChI=1S/C15H13NO3/c17-15(18)11-5-1-2-7-13(11)19-14-9-8-10-4-3-6-12(10)16-14/h1-2,5,7-9H,3-4,6H2,(H,17,18). The van der Waals surface area contributed by atoms with Crippen molar-refractivity contribution in [3.63, 3.8) is 0 Å². The summed E-state index contributed by atoms with van der Waals surface area (Å²) in [6, 6.07) is 10.4. The van der Waals surface area contributed by atoms with Gasteiger partial charge < -0.3 is 9.84 Å². The molecule has 19 heavy (non-hydrogen) atoms. The number of fused-ring (bicyclic) bond motifs is 1.